The van der Waals surface area contributed by atoms with Crippen molar-refractivity contribution in [2.24, 2.45) is 0 Å². The molecule has 22 heavy (non-hydrogen) atoms. The predicted molar refractivity (Wildman–Crippen MR) is 91.4 cm³/mol. The van der Waals surface area contributed by atoms with Crippen molar-refractivity contribution in [3.8, 4) is 0 Å². The molecular formula is C16H19BrN2O2S. The zero-order valence-electron chi connectivity index (χ0n) is 12.6. The molecule has 118 valence electrons. The monoisotopic (exact) mass is 382 g/mol. The second kappa shape index (κ2) is 5.89. The minimum absolute atomic E-state index is 0.0604. The van der Waals surface area contributed by atoms with E-state index in [1.165, 1.54) is 0 Å². The van der Waals surface area contributed by atoms with Crippen LogP contribution in [0.5, 0.6) is 0 Å². The number of nitrogens with one attached hydrogen (secondary N) is 1. The van der Waals surface area contributed by atoms with Crippen LogP contribution in [-0.4, -0.2) is 33.4 Å². The molecule has 3 atom stereocenters. The van der Waals surface area contributed by atoms with Crippen LogP contribution in [0.15, 0.2) is 28.7 Å². The molecule has 0 saturated carbocycles. The summed E-state index contributed by atoms with van der Waals surface area (Å²) >= 11 is 5.23. The fraction of sp³-hybridized carbons (Fsp3) is 0.500. The second-order valence-corrected chi connectivity index (χ2v) is 8.37. The van der Waals surface area contributed by atoms with Crippen molar-refractivity contribution in [3.05, 3.63) is 34.3 Å². The number of halogens is 1. The molecule has 2 aliphatic rings. The van der Waals surface area contributed by atoms with Gasteiger partial charge in [0.15, 0.2) is 0 Å². The third-order valence-corrected chi connectivity index (χ3v) is 6.71. The summed E-state index contributed by atoms with van der Waals surface area (Å²) in [4.78, 5) is 26.3. The minimum atomic E-state index is -0.352. The second-order valence-electron chi connectivity index (χ2n) is 6.02. The molecule has 0 aromatic heterocycles. The van der Waals surface area contributed by atoms with E-state index in [-0.39, 0.29) is 28.8 Å². The Labute approximate surface area is 143 Å². The maximum Gasteiger partial charge on any atom is 0.244 e. The number of benzene rings is 1. The van der Waals surface area contributed by atoms with Gasteiger partial charge in [-0.25, -0.2) is 0 Å². The Bertz CT molecular complexity index is 624. The highest BCUT2D eigenvalue weighted by atomic mass is 79.9. The van der Waals surface area contributed by atoms with Crippen molar-refractivity contribution in [1.29, 1.82) is 0 Å². The van der Waals surface area contributed by atoms with Crippen LogP contribution in [0.3, 0.4) is 0 Å². The van der Waals surface area contributed by atoms with Gasteiger partial charge < -0.3 is 10.2 Å². The van der Waals surface area contributed by atoms with E-state index in [1.54, 1.807) is 16.7 Å². The third kappa shape index (κ3) is 2.67. The lowest BCUT2D eigenvalue weighted by atomic mass is 10.1. The number of carbonyl (C=O) groups is 2. The number of hydrogen-bond acceptors (Lipinski definition) is 3. The average Bonchev–Trinajstić information content (AvgIpc) is 2.96. The number of thioether (sulfide) groups is 1. The molecule has 1 aromatic rings. The average molecular weight is 383 g/mol. The molecule has 3 rings (SSSR count). The van der Waals surface area contributed by atoms with E-state index in [0.717, 1.165) is 16.5 Å². The van der Waals surface area contributed by atoms with E-state index in [1.807, 2.05) is 31.2 Å². The van der Waals surface area contributed by atoms with E-state index >= 15 is 0 Å². The van der Waals surface area contributed by atoms with Crippen molar-refractivity contribution in [2.75, 3.05) is 5.75 Å². The van der Waals surface area contributed by atoms with Gasteiger partial charge in [0.2, 0.25) is 11.8 Å². The Kier molecular flexibility index (Phi) is 4.25. The number of carbonyl (C=O) groups excluding carboxylic acids is 2. The quantitative estimate of drug-likeness (QED) is 0.873. The van der Waals surface area contributed by atoms with Crippen molar-refractivity contribution >= 4 is 39.5 Å². The Balaban J connectivity index is 1.73. The molecule has 0 bridgehead atoms. The summed E-state index contributed by atoms with van der Waals surface area (Å²) in [6, 6.07) is 7.40. The van der Waals surface area contributed by atoms with E-state index in [0.29, 0.717) is 12.2 Å². The third-order valence-electron chi connectivity index (χ3n) is 4.48. The Morgan fingerprint density at radius 1 is 1.50 bits per heavy atom. The standard InChI is InChI=1S/C16H19BrN2O2S/c1-10(11-5-3-4-6-12(11)17)18-15(21)13-9-22-16(2)8-7-14(20)19(13)16/h3-6,10,13H,7-9H2,1-2H3,(H,18,21). The van der Waals surface area contributed by atoms with Gasteiger partial charge in [-0.15, -0.1) is 11.8 Å². The molecule has 2 aliphatic heterocycles. The fourth-order valence-corrected chi connectivity index (χ4v) is 5.29. The maximum absolute atomic E-state index is 12.6. The molecule has 0 aliphatic carbocycles. The summed E-state index contributed by atoms with van der Waals surface area (Å²) < 4.78 is 0.977. The first kappa shape index (κ1) is 15.9. The SMILES string of the molecule is CC(NC(=O)C1CSC2(C)CCC(=O)N12)c1ccccc1Br. The molecule has 2 fully saturated rings. The highest BCUT2D eigenvalue weighted by Gasteiger charge is 2.52. The van der Waals surface area contributed by atoms with E-state index in [9.17, 15) is 9.59 Å². The van der Waals surface area contributed by atoms with Gasteiger partial charge >= 0.3 is 0 Å². The lowest BCUT2D eigenvalue weighted by Gasteiger charge is -2.30. The molecule has 2 amide bonds. The molecule has 6 heteroatoms. The number of hydrogen-bond donors (Lipinski definition) is 1. The first-order chi connectivity index (χ1) is 10.4. The largest absolute Gasteiger partial charge is 0.348 e. The minimum Gasteiger partial charge on any atom is -0.348 e. The Morgan fingerprint density at radius 3 is 2.95 bits per heavy atom. The summed E-state index contributed by atoms with van der Waals surface area (Å²) in [5.41, 5.74) is 1.04. The van der Waals surface area contributed by atoms with Gasteiger partial charge in [0.1, 0.15) is 6.04 Å². The molecule has 4 nitrogen and oxygen atoms in total. The highest BCUT2D eigenvalue weighted by molar-refractivity contribution is 9.10. The molecule has 1 aromatic carbocycles. The van der Waals surface area contributed by atoms with Crippen LogP contribution in [0, 0.1) is 0 Å². The topological polar surface area (TPSA) is 49.4 Å². The predicted octanol–water partition coefficient (Wildman–Crippen LogP) is 3.08. The molecular weight excluding hydrogens is 364 g/mol. The normalized spacial score (nSPS) is 28.6. The lowest BCUT2D eigenvalue weighted by Crippen LogP contribution is -2.50. The zero-order valence-corrected chi connectivity index (χ0v) is 15.0. The summed E-state index contributed by atoms with van der Waals surface area (Å²) in [6.07, 6.45) is 1.38. The van der Waals surface area contributed by atoms with Gasteiger partial charge in [0.05, 0.1) is 10.9 Å². The Hall–Kier alpha value is -1.01. The number of fused-ring (bicyclic) bond motifs is 1. The summed E-state index contributed by atoms with van der Waals surface area (Å²) in [7, 11) is 0. The van der Waals surface area contributed by atoms with Crippen molar-refractivity contribution in [3.63, 3.8) is 0 Å². The van der Waals surface area contributed by atoms with Crippen LogP contribution in [0.1, 0.15) is 38.3 Å². The molecule has 0 spiro atoms. The maximum atomic E-state index is 12.6. The molecule has 2 saturated heterocycles. The van der Waals surface area contributed by atoms with Crippen molar-refractivity contribution in [1.82, 2.24) is 10.2 Å². The van der Waals surface area contributed by atoms with Gasteiger partial charge in [-0.3, -0.25) is 9.59 Å². The molecule has 0 radical (unpaired) electrons. The number of rotatable bonds is 3. The zero-order chi connectivity index (χ0) is 15.9. The van der Waals surface area contributed by atoms with Gasteiger partial charge in [-0.1, -0.05) is 34.1 Å². The van der Waals surface area contributed by atoms with Crippen LogP contribution in [0.4, 0.5) is 0 Å². The first-order valence-electron chi connectivity index (χ1n) is 7.43. The van der Waals surface area contributed by atoms with Gasteiger partial charge in [-0.05, 0) is 31.9 Å². The van der Waals surface area contributed by atoms with Crippen LogP contribution in [0.25, 0.3) is 0 Å². The smallest absolute Gasteiger partial charge is 0.244 e. The summed E-state index contributed by atoms with van der Waals surface area (Å²) in [5, 5.41) is 3.05. The van der Waals surface area contributed by atoms with Crippen LogP contribution in [-0.2, 0) is 9.59 Å². The lowest BCUT2D eigenvalue weighted by molar-refractivity contribution is -0.138. The summed E-state index contributed by atoms with van der Waals surface area (Å²) in [6.45, 7) is 4.03. The fourth-order valence-electron chi connectivity index (χ4n) is 3.23. The van der Waals surface area contributed by atoms with Crippen molar-refractivity contribution in [2.45, 2.75) is 43.6 Å². The van der Waals surface area contributed by atoms with E-state index in [2.05, 4.69) is 28.2 Å². The van der Waals surface area contributed by atoms with Gasteiger partial charge in [0, 0.05) is 16.6 Å². The highest BCUT2D eigenvalue weighted by Crippen LogP contribution is 2.47. The van der Waals surface area contributed by atoms with Gasteiger partial charge in [0.25, 0.3) is 0 Å². The molecule has 1 N–H and O–H groups in total. The van der Waals surface area contributed by atoms with Crippen molar-refractivity contribution < 1.29 is 9.59 Å². The molecule has 3 unspecified atom stereocenters. The number of amides is 2. The molecule has 2 heterocycles. The van der Waals surface area contributed by atoms with Crippen LogP contribution < -0.4 is 5.32 Å². The van der Waals surface area contributed by atoms with Gasteiger partial charge in [-0.2, -0.15) is 0 Å². The first-order valence-corrected chi connectivity index (χ1v) is 9.21. The van der Waals surface area contributed by atoms with Crippen LogP contribution >= 0.6 is 27.7 Å². The van der Waals surface area contributed by atoms with E-state index in [4.69, 9.17) is 0 Å². The van der Waals surface area contributed by atoms with Crippen LogP contribution in [0.2, 0.25) is 0 Å². The summed E-state index contributed by atoms with van der Waals surface area (Å²) in [5.74, 6) is 0.715. The Morgan fingerprint density at radius 2 is 2.23 bits per heavy atom. The van der Waals surface area contributed by atoms with E-state index < -0.39 is 0 Å². The number of nitrogens with zero attached hydrogens (tertiary/aromatic N) is 1.